The van der Waals surface area contributed by atoms with Crippen LogP contribution in [0.1, 0.15) is 63.0 Å². The van der Waals surface area contributed by atoms with E-state index < -0.39 is 12.6 Å². The lowest BCUT2D eigenvalue weighted by Crippen LogP contribution is -2.35. The van der Waals surface area contributed by atoms with Crippen molar-refractivity contribution in [1.82, 2.24) is 4.90 Å². The number of likely N-dealkylation sites (tertiary alicyclic amines) is 1. The summed E-state index contributed by atoms with van der Waals surface area (Å²) in [6, 6.07) is 10.2. The van der Waals surface area contributed by atoms with E-state index in [1.165, 1.54) is 18.4 Å². The Hall–Kier alpha value is -2.14. The van der Waals surface area contributed by atoms with Gasteiger partial charge in [-0.2, -0.15) is 0 Å². The third-order valence-electron chi connectivity index (χ3n) is 7.02. The maximum absolute atomic E-state index is 14.0. The van der Waals surface area contributed by atoms with Gasteiger partial charge in [0.25, 0.3) is 0 Å². The second-order valence-electron chi connectivity index (χ2n) is 9.57. The van der Waals surface area contributed by atoms with Crippen LogP contribution in [0.4, 0.5) is 4.39 Å². The first-order chi connectivity index (χ1) is 15.0. The first-order valence-corrected chi connectivity index (χ1v) is 11.7. The average Bonchev–Trinajstić information content (AvgIpc) is 2.75. The average molecular weight is 428 g/mol. The summed E-state index contributed by atoms with van der Waals surface area (Å²) in [7, 11) is 0. The summed E-state index contributed by atoms with van der Waals surface area (Å²) in [4.78, 5) is 13.4. The summed E-state index contributed by atoms with van der Waals surface area (Å²) < 4.78 is 20.2. The molecule has 0 radical (unpaired) electrons. The number of carboxylic acids is 1. The molecule has 0 aromatic heterocycles. The number of piperidine rings is 1. The lowest BCUT2D eigenvalue weighted by Gasteiger charge is -2.32. The Labute approximate surface area is 184 Å². The zero-order chi connectivity index (χ0) is 21.8. The zero-order valence-corrected chi connectivity index (χ0v) is 18.5. The molecule has 1 unspecified atom stereocenters. The molecule has 0 bridgehead atoms. The summed E-state index contributed by atoms with van der Waals surface area (Å²) in [5, 5.41) is 11.0. The fourth-order valence-electron chi connectivity index (χ4n) is 5.26. The molecule has 168 valence electrons. The minimum atomic E-state index is -0.711. The molecule has 2 aromatic carbocycles. The highest BCUT2D eigenvalue weighted by atomic mass is 19.1. The van der Waals surface area contributed by atoms with Crippen molar-refractivity contribution in [2.24, 2.45) is 11.8 Å². The third-order valence-corrected chi connectivity index (χ3v) is 7.02. The van der Waals surface area contributed by atoms with Gasteiger partial charge in [-0.25, -0.2) is 4.39 Å². The van der Waals surface area contributed by atoms with E-state index >= 15 is 0 Å². The molecule has 0 amide bonds. The number of nitrogens with zero attached hydrogens (tertiary/aromatic N) is 1. The molecule has 2 aliphatic rings. The molecule has 1 saturated heterocycles. The van der Waals surface area contributed by atoms with Crippen LogP contribution in [0.25, 0.3) is 10.8 Å². The monoisotopic (exact) mass is 427 g/mol. The van der Waals surface area contributed by atoms with E-state index in [-0.39, 0.29) is 18.4 Å². The van der Waals surface area contributed by atoms with Crippen molar-refractivity contribution in [3.05, 3.63) is 41.5 Å². The molecule has 1 saturated carbocycles. The van der Waals surface area contributed by atoms with Crippen molar-refractivity contribution in [1.29, 1.82) is 0 Å². The lowest BCUT2D eigenvalue weighted by atomic mass is 9.89. The topological polar surface area (TPSA) is 49.8 Å². The normalized spacial score (nSPS) is 24.9. The van der Waals surface area contributed by atoms with E-state index in [2.05, 4.69) is 24.0 Å². The number of carbonyl (C=O) groups is 1. The smallest absolute Gasteiger partial charge is 0.303 e. The number of ether oxygens (including phenoxy) is 1. The van der Waals surface area contributed by atoms with Crippen LogP contribution in [0, 0.1) is 11.8 Å². The van der Waals surface area contributed by atoms with Gasteiger partial charge in [-0.05, 0) is 85.4 Å². The van der Waals surface area contributed by atoms with Gasteiger partial charge in [0.05, 0.1) is 6.10 Å². The van der Waals surface area contributed by atoms with Gasteiger partial charge in [0.2, 0.25) is 0 Å². The van der Waals surface area contributed by atoms with Crippen LogP contribution in [0.3, 0.4) is 0 Å². The minimum Gasteiger partial charge on any atom is -0.490 e. The zero-order valence-electron chi connectivity index (χ0n) is 18.5. The Balaban J connectivity index is 1.47. The molecule has 0 spiro atoms. The SMILES string of the molecule is C[C@H]1CC[C@@H](Oc2ccc3cc(CN4CCCC(CC(=O)O)C4)ccc3c2CF)CC1. The second-order valence-corrected chi connectivity index (χ2v) is 9.57. The van der Waals surface area contributed by atoms with Crippen LogP contribution in [-0.2, 0) is 18.0 Å². The maximum atomic E-state index is 14.0. The number of halogens is 1. The number of aliphatic carboxylic acids is 1. The Kier molecular flexibility index (Phi) is 7.11. The van der Waals surface area contributed by atoms with E-state index in [0.29, 0.717) is 11.3 Å². The number of carboxylic acid groups (broad SMARTS) is 1. The molecule has 1 aliphatic heterocycles. The molecule has 31 heavy (non-hydrogen) atoms. The van der Waals surface area contributed by atoms with Crippen LogP contribution in [-0.4, -0.2) is 35.2 Å². The predicted octanol–water partition coefficient (Wildman–Crippen LogP) is 5.95. The fourth-order valence-corrected chi connectivity index (χ4v) is 5.26. The van der Waals surface area contributed by atoms with E-state index in [1.807, 2.05) is 18.2 Å². The summed E-state index contributed by atoms with van der Waals surface area (Å²) in [6.07, 6.45) is 6.91. The Morgan fingerprint density at radius 3 is 2.71 bits per heavy atom. The van der Waals surface area contributed by atoms with Crippen LogP contribution in [0.15, 0.2) is 30.3 Å². The van der Waals surface area contributed by atoms with Crippen LogP contribution < -0.4 is 4.74 Å². The third kappa shape index (κ3) is 5.57. The molecule has 1 aliphatic carbocycles. The van der Waals surface area contributed by atoms with Crippen molar-refractivity contribution in [3.63, 3.8) is 0 Å². The summed E-state index contributed by atoms with van der Waals surface area (Å²) >= 11 is 0. The molecule has 1 heterocycles. The highest BCUT2D eigenvalue weighted by Gasteiger charge is 2.23. The maximum Gasteiger partial charge on any atom is 0.303 e. The van der Waals surface area contributed by atoms with E-state index in [1.54, 1.807) is 0 Å². The van der Waals surface area contributed by atoms with Gasteiger partial charge in [-0.3, -0.25) is 9.69 Å². The minimum absolute atomic E-state index is 0.191. The van der Waals surface area contributed by atoms with Gasteiger partial charge in [-0.1, -0.05) is 25.1 Å². The summed E-state index contributed by atoms with van der Waals surface area (Å²) in [5.74, 6) is 0.967. The van der Waals surface area contributed by atoms with Crippen LogP contribution in [0.2, 0.25) is 0 Å². The first-order valence-electron chi connectivity index (χ1n) is 11.7. The molecule has 1 N–H and O–H groups in total. The van der Waals surface area contributed by atoms with Crippen molar-refractivity contribution in [2.75, 3.05) is 13.1 Å². The van der Waals surface area contributed by atoms with Crippen molar-refractivity contribution >= 4 is 16.7 Å². The number of hydrogen-bond acceptors (Lipinski definition) is 3. The molecular weight excluding hydrogens is 393 g/mol. The highest BCUT2D eigenvalue weighted by Crippen LogP contribution is 2.34. The Morgan fingerprint density at radius 2 is 1.97 bits per heavy atom. The van der Waals surface area contributed by atoms with Gasteiger partial charge < -0.3 is 9.84 Å². The predicted molar refractivity (Wildman–Crippen MR) is 121 cm³/mol. The van der Waals surface area contributed by atoms with Crippen molar-refractivity contribution < 1.29 is 19.0 Å². The molecule has 4 nitrogen and oxygen atoms in total. The van der Waals surface area contributed by atoms with Gasteiger partial charge >= 0.3 is 5.97 Å². The van der Waals surface area contributed by atoms with Crippen molar-refractivity contribution in [3.8, 4) is 5.75 Å². The van der Waals surface area contributed by atoms with Gasteiger partial charge in [0, 0.05) is 25.1 Å². The van der Waals surface area contributed by atoms with Crippen LogP contribution >= 0.6 is 0 Å². The van der Waals surface area contributed by atoms with Crippen molar-refractivity contribution in [2.45, 2.75) is 71.2 Å². The molecule has 2 aromatic rings. The molecular formula is C26H34FNO3. The quantitative estimate of drug-likeness (QED) is 0.593. The van der Waals surface area contributed by atoms with Gasteiger partial charge in [-0.15, -0.1) is 0 Å². The number of alkyl halides is 1. The molecule has 5 heteroatoms. The second kappa shape index (κ2) is 9.99. The first kappa shape index (κ1) is 22.1. The number of rotatable bonds is 7. The summed E-state index contributed by atoms with van der Waals surface area (Å²) in [6.45, 7) is 4.38. The Morgan fingerprint density at radius 1 is 1.16 bits per heavy atom. The number of hydrogen-bond donors (Lipinski definition) is 1. The molecule has 4 rings (SSSR count). The lowest BCUT2D eigenvalue weighted by molar-refractivity contribution is -0.138. The fraction of sp³-hybridized carbons (Fsp3) is 0.577. The van der Waals surface area contributed by atoms with E-state index in [4.69, 9.17) is 9.84 Å². The number of benzene rings is 2. The Bertz CT molecular complexity index is 907. The van der Waals surface area contributed by atoms with Gasteiger partial charge in [0.1, 0.15) is 12.4 Å². The summed E-state index contributed by atoms with van der Waals surface area (Å²) in [5.41, 5.74) is 1.84. The molecule has 2 fully saturated rings. The van der Waals surface area contributed by atoms with Crippen LogP contribution in [0.5, 0.6) is 5.75 Å². The molecule has 1 atom stereocenters. The standard InChI is InChI=1S/C26H34FNO3/c1-18-4-8-22(9-5-18)31-25-11-7-21-13-20(6-10-23(21)24(25)15-27)17-28-12-2-3-19(16-28)14-26(29)30/h6-7,10-11,13,18-19,22H,2-5,8-9,12,14-17H2,1H3,(H,29,30)/t18-,19?,22+. The van der Waals surface area contributed by atoms with Gasteiger partial charge in [0.15, 0.2) is 0 Å². The highest BCUT2D eigenvalue weighted by molar-refractivity contribution is 5.88. The van der Waals surface area contributed by atoms with E-state index in [9.17, 15) is 9.18 Å². The van der Waals surface area contributed by atoms with E-state index in [0.717, 1.165) is 62.0 Å². The number of fused-ring (bicyclic) bond motifs is 1. The largest absolute Gasteiger partial charge is 0.490 e.